The summed E-state index contributed by atoms with van der Waals surface area (Å²) in [4.78, 5) is 26.4. The largest absolute Gasteiger partial charge is 0.329 e. The second-order valence-electron chi connectivity index (χ2n) is 7.48. The minimum Gasteiger partial charge on any atom is -0.329 e. The van der Waals surface area contributed by atoms with Crippen LogP contribution in [0.15, 0.2) is 18.5 Å². The zero-order valence-electron chi connectivity index (χ0n) is 16.3. The standard InChI is InChI=1S/C19H28N6O/c1-13(2)25-17(8-9-21-25)19(26)24-10-6-7-16(24)18-15(12-23(4)5)11-20-14(3)22-18/h8-9,11,13,16H,6-7,10,12H2,1-5H3/t16-/m0/s1. The van der Waals surface area contributed by atoms with Gasteiger partial charge >= 0.3 is 0 Å². The molecule has 1 atom stereocenters. The van der Waals surface area contributed by atoms with E-state index in [0.717, 1.165) is 43.0 Å². The van der Waals surface area contributed by atoms with E-state index in [4.69, 9.17) is 4.98 Å². The predicted octanol–water partition coefficient (Wildman–Crippen LogP) is 2.60. The first-order valence-electron chi connectivity index (χ1n) is 9.20. The van der Waals surface area contributed by atoms with Crippen LogP contribution in [0.1, 0.15) is 66.3 Å². The molecule has 3 rings (SSSR count). The van der Waals surface area contributed by atoms with Crippen molar-refractivity contribution < 1.29 is 4.79 Å². The van der Waals surface area contributed by atoms with Crippen LogP contribution in [0.4, 0.5) is 0 Å². The van der Waals surface area contributed by atoms with Gasteiger partial charge in [0.1, 0.15) is 11.5 Å². The van der Waals surface area contributed by atoms with E-state index in [0.29, 0.717) is 5.69 Å². The van der Waals surface area contributed by atoms with Gasteiger partial charge in [0.05, 0.1) is 11.7 Å². The van der Waals surface area contributed by atoms with Crippen LogP contribution in [0, 0.1) is 6.92 Å². The first kappa shape index (κ1) is 18.5. The van der Waals surface area contributed by atoms with Gasteiger partial charge in [-0.25, -0.2) is 9.97 Å². The quantitative estimate of drug-likeness (QED) is 0.824. The maximum atomic E-state index is 13.2. The minimum absolute atomic E-state index is 0.00494. The first-order valence-corrected chi connectivity index (χ1v) is 9.20. The molecule has 3 heterocycles. The Hall–Kier alpha value is -2.28. The molecule has 1 fully saturated rings. The van der Waals surface area contributed by atoms with Gasteiger partial charge < -0.3 is 9.80 Å². The van der Waals surface area contributed by atoms with Gasteiger partial charge in [-0.3, -0.25) is 9.48 Å². The predicted molar refractivity (Wildman–Crippen MR) is 99.8 cm³/mol. The monoisotopic (exact) mass is 356 g/mol. The lowest BCUT2D eigenvalue weighted by molar-refractivity contribution is 0.0717. The second kappa shape index (κ2) is 7.53. The highest BCUT2D eigenvalue weighted by atomic mass is 16.2. The van der Waals surface area contributed by atoms with Crippen molar-refractivity contribution in [3.63, 3.8) is 0 Å². The third-order valence-corrected chi connectivity index (χ3v) is 4.71. The summed E-state index contributed by atoms with van der Waals surface area (Å²) in [6.45, 7) is 7.48. The van der Waals surface area contributed by atoms with Crippen LogP contribution in [0.25, 0.3) is 0 Å². The molecule has 2 aromatic rings. The molecule has 7 heteroatoms. The lowest BCUT2D eigenvalue weighted by atomic mass is 10.1. The molecule has 1 amide bonds. The molecular formula is C19H28N6O. The first-order chi connectivity index (χ1) is 12.4. The third kappa shape index (κ3) is 3.62. The summed E-state index contributed by atoms with van der Waals surface area (Å²) < 4.78 is 1.80. The Morgan fingerprint density at radius 3 is 2.85 bits per heavy atom. The number of hydrogen-bond donors (Lipinski definition) is 0. The number of nitrogens with zero attached hydrogens (tertiary/aromatic N) is 6. The van der Waals surface area contributed by atoms with Gasteiger partial charge in [0.2, 0.25) is 0 Å². The van der Waals surface area contributed by atoms with Crippen LogP contribution in [0.5, 0.6) is 0 Å². The molecule has 0 aliphatic carbocycles. The van der Waals surface area contributed by atoms with Crippen molar-refractivity contribution in [1.29, 1.82) is 0 Å². The van der Waals surface area contributed by atoms with Crippen LogP contribution in [-0.4, -0.2) is 56.1 Å². The van der Waals surface area contributed by atoms with Gasteiger partial charge in [-0.1, -0.05) is 0 Å². The summed E-state index contributed by atoms with van der Waals surface area (Å²) in [5.74, 6) is 0.778. The van der Waals surface area contributed by atoms with E-state index >= 15 is 0 Å². The number of likely N-dealkylation sites (tertiary alicyclic amines) is 1. The van der Waals surface area contributed by atoms with E-state index in [1.54, 1.807) is 10.9 Å². The number of hydrogen-bond acceptors (Lipinski definition) is 5. The molecule has 26 heavy (non-hydrogen) atoms. The van der Waals surface area contributed by atoms with Gasteiger partial charge in [-0.05, 0) is 53.8 Å². The Morgan fingerprint density at radius 1 is 1.38 bits per heavy atom. The molecule has 7 nitrogen and oxygen atoms in total. The summed E-state index contributed by atoms with van der Waals surface area (Å²) in [5, 5.41) is 4.31. The number of rotatable bonds is 5. The van der Waals surface area contributed by atoms with E-state index in [1.807, 2.05) is 52.0 Å². The molecule has 0 bridgehead atoms. The lowest BCUT2D eigenvalue weighted by Crippen LogP contribution is -2.34. The van der Waals surface area contributed by atoms with Crippen molar-refractivity contribution in [2.24, 2.45) is 0 Å². The minimum atomic E-state index is -0.00494. The fraction of sp³-hybridized carbons (Fsp3) is 0.579. The van der Waals surface area contributed by atoms with Gasteiger partial charge in [0, 0.05) is 37.1 Å². The van der Waals surface area contributed by atoms with Crippen LogP contribution in [0.3, 0.4) is 0 Å². The highest BCUT2D eigenvalue weighted by Crippen LogP contribution is 2.34. The van der Waals surface area contributed by atoms with Crippen LogP contribution < -0.4 is 0 Å². The average molecular weight is 356 g/mol. The van der Waals surface area contributed by atoms with Gasteiger partial charge in [-0.15, -0.1) is 0 Å². The highest BCUT2D eigenvalue weighted by Gasteiger charge is 2.34. The summed E-state index contributed by atoms with van der Waals surface area (Å²) in [6, 6.07) is 1.95. The summed E-state index contributed by atoms with van der Waals surface area (Å²) >= 11 is 0. The van der Waals surface area contributed by atoms with Crippen LogP contribution in [0.2, 0.25) is 0 Å². The molecule has 0 radical (unpaired) electrons. The Balaban J connectivity index is 1.95. The second-order valence-corrected chi connectivity index (χ2v) is 7.48. The summed E-state index contributed by atoms with van der Waals surface area (Å²) in [6.07, 6.45) is 5.51. The average Bonchev–Trinajstić information content (AvgIpc) is 3.24. The Labute approximate surface area is 155 Å². The number of aromatic nitrogens is 4. The van der Waals surface area contributed by atoms with Crippen molar-refractivity contribution in [3.05, 3.63) is 41.2 Å². The molecule has 140 valence electrons. The normalized spacial score (nSPS) is 17.5. The third-order valence-electron chi connectivity index (χ3n) is 4.71. The van der Waals surface area contributed by atoms with Crippen molar-refractivity contribution in [1.82, 2.24) is 29.5 Å². The molecule has 0 N–H and O–H groups in total. The van der Waals surface area contributed by atoms with E-state index in [9.17, 15) is 4.79 Å². The van der Waals surface area contributed by atoms with Crippen LogP contribution in [-0.2, 0) is 6.54 Å². The molecule has 1 aliphatic rings. The zero-order chi connectivity index (χ0) is 18.8. The van der Waals surface area contributed by atoms with Crippen molar-refractivity contribution >= 4 is 5.91 Å². The van der Waals surface area contributed by atoms with E-state index in [1.165, 1.54) is 0 Å². The van der Waals surface area contributed by atoms with Gasteiger partial charge in [-0.2, -0.15) is 5.10 Å². The Bertz CT molecular complexity index is 782. The van der Waals surface area contributed by atoms with E-state index in [2.05, 4.69) is 15.0 Å². The Morgan fingerprint density at radius 2 is 2.15 bits per heavy atom. The van der Waals surface area contributed by atoms with Crippen molar-refractivity contribution in [2.45, 2.75) is 52.2 Å². The highest BCUT2D eigenvalue weighted by molar-refractivity contribution is 5.93. The number of carbonyl (C=O) groups is 1. The number of carbonyl (C=O) groups excluding carboxylic acids is 1. The fourth-order valence-corrected chi connectivity index (χ4v) is 3.60. The lowest BCUT2D eigenvalue weighted by Gasteiger charge is -2.27. The molecule has 0 aromatic carbocycles. The smallest absolute Gasteiger partial charge is 0.272 e. The number of aryl methyl sites for hydroxylation is 1. The summed E-state index contributed by atoms with van der Waals surface area (Å²) in [5.41, 5.74) is 2.71. The topological polar surface area (TPSA) is 67.2 Å². The van der Waals surface area contributed by atoms with Crippen LogP contribution >= 0.6 is 0 Å². The SMILES string of the molecule is Cc1ncc(CN(C)C)c([C@@H]2CCCN2C(=O)c2ccnn2C(C)C)n1. The molecule has 1 aliphatic heterocycles. The van der Waals surface area contributed by atoms with Crippen molar-refractivity contribution in [2.75, 3.05) is 20.6 Å². The molecule has 1 saturated heterocycles. The molecule has 0 unspecified atom stereocenters. The summed E-state index contributed by atoms with van der Waals surface area (Å²) in [7, 11) is 4.06. The van der Waals surface area contributed by atoms with Gasteiger partial charge in [0.15, 0.2) is 0 Å². The number of amides is 1. The molecular weight excluding hydrogens is 328 g/mol. The van der Waals surface area contributed by atoms with E-state index < -0.39 is 0 Å². The van der Waals surface area contributed by atoms with Gasteiger partial charge in [0.25, 0.3) is 5.91 Å². The molecule has 0 saturated carbocycles. The maximum absolute atomic E-state index is 13.2. The zero-order valence-corrected chi connectivity index (χ0v) is 16.3. The Kier molecular flexibility index (Phi) is 5.36. The molecule has 2 aromatic heterocycles. The van der Waals surface area contributed by atoms with Crippen molar-refractivity contribution in [3.8, 4) is 0 Å². The van der Waals surface area contributed by atoms with E-state index in [-0.39, 0.29) is 18.0 Å². The fourth-order valence-electron chi connectivity index (χ4n) is 3.60. The molecule has 0 spiro atoms. The maximum Gasteiger partial charge on any atom is 0.272 e.